The smallest absolute Gasteiger partial charge is 0.317 e. The zero-order chi connectivity index (χ0) is 19.9. The van der Waals surface area contributed by atoms with E-state index in [1.807, 2.05) is 0 Å². The molecule has 1 aromatic rings. The van der Waals surface area contributed by atoms with E-state index in [1.165, 1.54) is 18.2 Å². The molecule has 3 aliphatic heterocycles. The van der Waals surface area contributed by atoms with Gasteiger partial charge in [-0.1, -0.05) is 6.07 Å². The number of aliphatic hydroxyl groups is 1. The largest absolute Gasteiger partial charge is 0.388 e. The van der Waals surface area contributed by atoms with Gasteiger partial charge in [-0.3, -0.25) is 14.5 Å². The van der Waals surface area contributed by atoms with Gasteiger partial charge >= 0.3 is 6.03 Å². The molecule has 4 N–H and O–H groups in total. The van der Waals surface area contributed by atoms with Gasteiger partial charge in [-0.25, -0.2) is 4.79 Å². The Balaban J connectivity index is 1.32. The molecule has 0 aromatic carbocycles. The predicted octanol–water partition coefficient (Wildman–Crippen LogP) is -1.67. The number of ether oxygens (including phenoxy) is 1. The van der Waals surface area contributed by atoms with Crippen LogP contribution in [0.5, 0.6) is 0 Å². The number of aromatic amines is 1. The summed E-state index contributed by atoms with van der Waals surface area (Å²) in [6.45, 7) is 3.02. The average Bonchev–Trinajstić information content (AvgIpc) is 2.94. The Morgan fingerprint density at radius 3 is 2.86 bits per heavy atom. The first-order valence-electron chi connectivity index (χ1n) is 9.42. The number of H-pyrrole nitrogens is 1. The quantitative estimate of drug-likeness (QED) is 0.486. The minimum absolute atomic E-state index is 0.0599. The lowest BCUT2D eigenvalue weighted by Crippen LogP contribution is -2.70. The maximum absolute atomic E-state index is 12.4. The fourth-order valence-corrected chi connectivity index (χ4v) is 4.21. The minimum Gasteiger partial charge on any atom is -0.388 e. The van der Waals surface area contributed by atoms with Gasteiger partial charge in [0, 0.05) is 45.9 Å². The van der Waals surface area contributed by atoms with Crippen molar-refractivity contribution in [3.63, 3.8) is 0 Å². The van der Waals surface area contributed by atoms with Crippen LogP contribution >= 0.6 is 0 Å². The number of amides is 3. The Hall–Kier alpha value is -2.43. The number of likely N-dealkylation sites (tertiary alicyclic amines) is 1. The molecule has 152 valence electrons. The molecule has 3 atom stereocenters. The van der Waals surface area contributed by atoms with Crippen LogP contribution in [-0.2, 0) is 4.74 Å². The molecule has 0 saturated carbocycles. The van der Waals surface area contributed by atoms with Crippen LogP contribution in [0.3, 0.4) is 0 Å². The summed E-state index contributed by atoms with van der Waals surface area (Å²) in [5, 5.41) is 16.3. The van der Waals surface area contributed by atoms with Crippen LogP contribution < -0.4 is 16.2 Å². The van der Waals surface area contributed by atoms with Crippen molar-refractivity contribution in [3.8, 4) is 0 Å². The predicted molar refractivity (Wildman–Crippen MR) is 99.0 cm³/mol. The van der Waals surface area contributed by atoms with E-state index in [0.717, 1.165) is 13.1 Å². The summed E-state index contributed by atoms with van der Waals surface area (Å²) >= 11 is 0. The molecule has 4 rings (SSSR count). The highest BCUT2D eigenvalue weighted by molar-refractivity contribution is 5.92. The van der Waals surface area contributed by atoms with Gasteiger partial charge in [-0.05, 0) is 12.5 Å². The van der Waals surface area contributed by atoms with Crippen LogP contribution in [0.1, 0.15) is 16.9 Å². The van der Waals surface area contributed by atoms with Crippen LogP contribution in [-0.4, -0.2) is 95.5 Å². The number of hydrogen-bond donors (Lipinski definition) is 4. The number of nitrogens with zero attached hydrogens (tertiary/aromatic N) is 2. The molecule has 4 heterocycles. The number of hydrogen-bond acceptors (Lipinski definition) is 6. The molecule has 0 radical (unpaired) electrons. The molecule has 3 amide bonds. The van der Waals surface area contributed by atoms with Crippen molar-refractivity contribution in [2.24, 2.45) is 0 Å². The molecule has 0 aliphatic carbocycles. The number of nitrogens with one attached hydrogen (secondary N) is 3. The van der Waals surface area contributed by atoms with E-state index >= 15 is 0 Å². The molecule has 0 bridgehead atoms. The Morgan fingerprint density at radius 1 is 1.39 bits per heavy atom. The van der Waals surface area contributed by atoms with Gasteiger partial charge < -0.3 is 30.4 Å². The highest BCUT2D eigenvalue weighted by Crippen LogP contribution is 2.31. The topological polar surface area (TPSA) is 127 Å². The van der Waals surface area contributed by atoms with Gasteiger partial charge in [0.25, 0.3) is 5.91 Å². The lowest BCUT2D eigenvalue weighted by atomic mass is 9.88. The Morgan fingerprint density at radius 2 is 2.18 bits per heavy atom. The van der Waals surface area contributed by atoms with Crippen molar-refractivity contribution >= 4 is 11.9 Å². The molecule has 0 unspecified atom stereocenters. The fourth-order valence-electron chi connectivity index (χ4n) is 4.21. The van der Waals surface area contributed by atoms with Gasteiger partial charge in [0.05, 0.1) is 17.7 Å². The standard InChI is InChI=1S/C18H25N5O5/c1-22-17(27)19-8-18(22)9-23(10-18)7-13-15(25)11(5-6-28-13)21-16(26)12-3-2-4-14(24)20-12/h2-4,11,13,15,25H,5-10H2,1H3,(H,19,27)(H,20,24)(H,21,26)/t11-,13+,15-/m0/s1. The second-order valence-corrected chi connectivity index (χ2v) is 7.81. The van der Waals surface area contributed by atoms with E-state index in [-0.39, 0.29) is 22.8 Å². The molecule has 3 saturated heterocycles. The van der Waals surface area contributed by atoms with E-state index < -0.39 is 24.2 Å². The zero-order valence-electron chi connectivity index (χ0n) is 15.7. The molecule has 28 heavy (non-hydrogen) atoms. The molecule has 1 aromatic heterocycles. The number of aliphatic hydroxyl groups excluding tert-OH is 1. The maximum Gasteiger partial charge on any atom is 0.317 e. The van der Waals surface area contributed by atoms with Gasteiger partial charge in [0.2, 0.25) is 5.56 Å². The number of aromatic nitrogens is 1. The highest BCUT2D eigenvalue weighted by atomic mass is 16.5. The second kappa shape index (κ2) is 7.19. The SMILES string of the molecule is CN1C(=O)NCC12CN(C[C@H]1OCC[C@H](NC(=O)c3cccc(=O)[nH]3)[C@@H]1O)C2. The van der Waals surface area contributed by atoms with Crippen molar-refractivity contribution in [2.75, 3.05) is 39.8 Å². The van der Waals surface area contributed by atoms with Crippen LogP contribution in [0.2, 0.25) is 0 Å². The normalized spacial score (nSPS) is 29.4. The number of carbonyl (C=O) groups is 2. The number of carbonyl (C=O) groups excluding carboxylic acids is 2. The number of pyridine rings is 1. The molecular weight excluding hydrogens is 366 g/mol. The Kier molecular flexibility index (Phi) is 4.86. The molecule has 3 aliphatic rings. The summed E-state index contributed by atoms with van der Waals surface area (Å²) < 4.78 is 5.74. The Bertz CT molecular complexity index is 821. The summed E-state index contributed by atoms with van der Waals surface area (Å²) in [7, 11) is 1.80. The summed E-state index contributed by atoms with van der Waals surface area (Å²) in [5.74, 6) is -0.428. The van der Waals surface area contributed by atoms with Crippen LogP contribution in [0.15, 0.2) is 23.0 Å². The lowest BCUT2D eigenvalue weighted by molar-refractivity contribution is -0.117. The number of rotatable bonds is 4. The first-order valence-corrected chi connectivity index (χ1v) is 9.42. The van der Waals surface area contributed by atoms with Crippen LogP contribution in [0.25, 0.3) is 0 Å². The molecule has 3 fully saturated rings. The van der Waals surface area contributed by atoms with Crippen molar-refractivity contribution in [2.45, 2.75) is 30.2 Å². The van der Waals surface area contributed by atoms with Crippen LogP contribution in [0.4, 0.5) is 4.79 Å². The first-order chi connectivity index (χ1) is 13.4. The Labute approximate surface area is 161 Å². The molecule has 10 heteroatoms. The third-order valence-corrected chi connectivity index (χ3v) is 5.94. The van der Waals surface area contributed by atoms with E-state index in [2.05, 4.69) is 20.5 Å². The summed E-state index contributed by atoms with van der Waals surface area (Å²) in [4.78, 5) is 41.8. The minimum atomic E-state index is -0.856. The second-order valence-electron chi connectivity index (χ2n) is 7.81. The lowest BCUT2D eigenvalue weighted by Gasteiger charge is -2.52. The van der Waals surface area contributed by atoms with Crippen LogP contribution in [0, 0.1) is 0 Å². The van der Waals surface area contributed by atoms with Crippen molar-refractivity contribution in [3.05, 3.63) is 34.2 Å². The number of urea groups is 1. The third kappa shape index (κ3) is 3.38. The zero-order valence-corrected chi connectivity index (χ0v) is 15.7. The summed E-state index contributed by atoms with van der Waals surface area (Å²) in [6, 6.07) is 3.85. The summed E-state index contributed by atoms with van der Waals surface area (Å²) in [5.41, 5.74) is -0.368. The fraction of sp³-hybridized carbons (Fsp3) is 0.611. The van der Waals surface area contributed by atoms with Gasteiger partial charge in [0.15, 0.2) is 0 Å². The summed E-state index contributed by atoms with van der Waals surface area (Å²) in [6.07, 6.45) is -0.793. The highest BCUT2D eigenvalue weighted by Gasteiger charge is 2.52. The van der Waals surface area contributed by atoms with E-state index in [1.54, 1.807) is 11.9 Å². The van der Waals surface area contributed by atoms with Crippen molar-refractivity contribution in [1.29, 1.82) is 0 Å². The van der Waals surface area contributed by atoms with E-state index in [9.17, 15) is 19.5 Å². The molecule has 10 nitrogen and oxygen atoms in total. The monoisotopic (exact) mass is 391 g/mol. The maximum atomic E-state index is 12.4. The van der Waals surface area contributed by atoms with Crippen molar-refractivity contribution < 1.29 is 19.4 Å². The van der Waals surface area contributed by atoms with Gasteiger partial charge in [-0.15, -0.1) is 0 Å². The number of likely N-dealkylation sites (N-methyl/N-ethyl adjacent to an activating group) is 1. The van der Waals surface area contributed by atoms with E-state index in [0.29, 0.717) is 26.1 Å². The third-order valence-electron chi connectivity index (χ3n) is 5.94. The van der Waals surface area contributed by atoms with E-state index in [4.69, 9.17) is 4.74 Å². The molecule has 1 spiro atoms. The van der Waals surface area contributed by atoms with Crippen molar-refractivity contribution in [1.82, 2.24) is 25.4 Å². The first kappa shape index (κ1) is 18.9. The van der Waals surface area contributed by atoms with Gasteiger partial charge in [-0.2, -0.15) is 0 Å². The molecular formula is C18H25N5O5. The van der Waals surface area contributed by atoms with Gasteiger partial charge in [0.1, 0.15) is 11.8 Å². The average molecular weight is 391 g/mol.